The quantitative estimate of drug-likeness (QED) is 0.606. The highest BCUT2D eigenvalue weighted by Gasteiger charge is 2.12. The van der Waals surface area contributed by atoms with Crippen molar-refractivity contribution in [2.24, 2.45) is 0 Å². The Bertz CT molecular complexity index is 862. The number of rotatable bonds is 7. The summed E-state index contributed by atoms with van der Waals surface area (Å²) in [6.07, 6.45) is 0. The second kappa shape index (κ2) is 10.1. The zero-order chi connectivity index (χ0) is 20.0. The van der Waals surface area contributed by atoms with Crippen LogP contribution in [0.5, 0.6) is 5.75 Å². The lowest BCUT2D eigenvalue weighted by molar-refractivity contribution is -0.114. The third kappa shape index (κ3) is 6.50. The normalized spacial score (nSPS) is 10.4. The van der Waals surface area contributed by atoms with Crippen molar-refractivity contribution < 1.29 is 14.3 Å². The topological polar surface area (TPSA) is 67.4 Å². The number of methoxy groups -OCH3 is 1. The molecule has 0 heterocycles. The van der Waals surface area contributed by atoms with Crippen molar-refractivity contribution in [3.8, 4) is 5.75 Å². The lowest BCUT2D eigenvalue weighted by atomic mass is 10.2. The molecule has 0 saturated heterocycles. The Morgan fingerprint density at radius 2 is 1.59 bits per heavy atom. The first-order chi connectivity index (χ1) is 12.8. The van der Waals surface area contributed by atoms with Crippen LogP contribution in [0.3, 0.4) is 0 Å². The maximum Gasteiger partial charge on any atom is 0.234 e. The summed E-state index contributed by atoms with van der Waals surface area (Å²) in [6, 6.07) is 8.17. The molecular weight excluding hydrogens is 431 g/mol. The predicted octanol–water partition coefficient (Wildman–Crippen LogP) is 5.27. The molecule has 5 nitrogen and oxygen atoms in total. The molecule has 0 unspecified atom stereocenters. The van der Waals surface area contributed by atoms with E-state index < -0.39 is 0 Å². The van der Waals surface area contributed by atoms with Gasteiger partial charge in [-0.25, -0.2) is 0 Å². The zero-order valence-electron chi connectivity index (χ0n) is 14.6. The number of hydrogen-bond acceptors (Lipinski definition) is 4. The molecule has 0 saturated carbocycles. The van der Waals surface area contributed by atoms with E-state index in [-0.39, 0.29) is 23.3 Å². The molecule has 0 aliphatic heterocycles. The van der Waals surface area contributed by atoms with Gasteiger partial charge in [0.25, 0.3) is 0 Å². The third-order valence-electron chi connectivity index (χ3n) is 3.42. The lowest BCUT2D eigenvalue weighted by Gasteiger charge is -2.12. The number of halogens is 3. The van der Waals surface area contributed by atoms with Gasteiger partial charge >= 0.3 is 0 Å². The predicted molar refractivity (Wildman–Crippen MR) is 114 cm³/mol. The number of ether oxygens (including phenoxy) is 1. The van der Waals surface area contributed by atoms with Crippen molar-refractivity contribution in [1.29, 1.82) is 0 Å². The standard InChI is InChI=1S/C18H17Cl3N2O3S/c1-10-5-15(16(26-2)7-13(10)21)23-18(25)9-27-8-17(24)22-14-6-11(19)3-4-12(14)20/h3-7H,8-9H2,1-2H3,(H,22,24)(H,23,25). The van der Waals surface area contributed by atoms with Crippen molar-refractivity contribution in [1.82, 2.24) is 0 Å². The van der Waals surface area contributed by atoms with E-state index in [2.05, 4.69) is 10.6 Å². The molecule has 0 aromatic heterocycles. The van der Waals surface area contributed by atoms with Crippen LogP contribution < -0.4 is 15.4 Å². The van der Waals surface area contributed by atoms with Gasteiger partial charge in [-0.2, -0.15) is 0 Å². The lowest BCUT2D eigenvalue weighted by Crippen LogP contribution is -2.19. The van der Waals surface area contributed by atoms with Gasteiger partial charge in [0.15, 0.2) is 0 Å². The van der Waals surface area contributed by atoms with E-state index in [0.717, 1.165) is 5.56 Å². The van der Waals surface area contributed by atoms with Gasteiger partial charge in [-0.05, 0) is 36.8 Å². The monoisotopic (exact) mass is 446 g/mol. The fraction of sp³-hybridized carbons (Fsp3) is 0.222. The Morgan fingerprint density at radius 1 is 0.963 bits per heavy atom. The van der Waals surface area contributed by atoms with E-state index >= 15 is 0 Å². The van der Waals surface area contributed by atoms with Crippen LogP contribution in [0, 0.1) is 6.92 Å². The summed E-state index contributed by atoms with van der Waals surface area (Å²) in [7, 11) is 1.50. The Kier molecular flexibility index (Phi) is 8.10. The van der Waals surface area contributed by atoms with Crippen LogP contribution in [0.2, 0.25) is 15.1 Å². The summed E-state index contributed by atoms with van der Waals surface area (Å²) < 4.78 is 5.22. The molecule has 0 spiro atoms. The van der Waals surface area contributed by atoms with Crippen molar-refractivity contribution in [2.45, 2.75) is 6.92 Å². The van der Waals surface area contributed by atoms with Gasteiger partial charge in [-0.3, -0.25) is 9.59 Å². The van der Waals surface area contributed by atoms with E-state index in [1.807, 2.05) is 6.92 Å². The van der Waals surface area contributed by atoms with Crippen molar-refractivity contribution in [3.05, 3.63) is 51.0 Å². The summed E-state index contributed by atoms with van der Waals surface area (Å²) in [5.74, 6) is 0.122. The second-order valence-electron chi connectivity index (χ2n) is 5.51. The number of thioether (sulfide) groups is 1. The highest BCUT2D eigenvalue weighted by Crippen LogP contribution is 2.31. The highest BCUT2D eigenvalue weighted by atomic mass is 35.5. The van der Waals surface area contributed by atoms with Gasteiger partial charge in [0.2, 0.25) is 11.8 Å². The number of carbonyl (C=O) groups excluding carboxylic acids is 2. The second-order valence-corrected chi connectivity index (χ2v) is 7.75. The minimum atomic E-state index is -0.281. The number of carbonyl (C=O) groups is 2. The zero-order valence-corrected chi connectivity index (χ0v) is 17.7. The summed E-state index contributed by atoms with van der Waals surface area (Å²) in [5.41, 5.74) is 1.78. The first-order valence-corrected chi connectivity index (χ1v) is 10.1. The van der Waals surface area contributed by atoms with Crippen molar-refractivity contribution >= 4 is 69.8 Å². The molecule has 27 heavy (non-hydrogen) atoms. The molecule has 0 fully saturated rings. The molecule has 0 atom stereocenters. The van der Waals surface area contributed by atoms with Gasteiger partial charge < -0.3 is 15.4 Å². The third-order valence-corrected chi connectivity index (χ3v) is 5.33. The van der Waals surface area contributed by atoms with E-state index in [1.165, 1.54) is 18.9 Å². The van der Waals surface area contributed by atoms with Crippen LogP contribution in [0.1, 0.15) is 5.56 Å². The number of aryl methyl sites for hydroxylation is 1. The largest absolute Gasteiger partial charge is 0.495 e. The highest BCUT2D eigenvalue weighted by molar-refractivity contribution is 8.00. The van der Waals surface area contributed by atoms with Gasteiger partial charge in [0.05, 0.1) is 35.0 Å². The number of nitrogens with one attached hydrogen (secondary N) is 2. The molecule has 9 heteroatoms. The van der Waals surface area contributed by atoms with Crippen LogP contribution in [0.15, 0.2) is 30.3 Å². The molecular formula is C18H17Cl3N2O3S. The van der Waals surface area contributed by atoms with E-state index in [1.54, 1.807) is 30.3 Å². The molecule has 2 rings (SSSR count). The smallest absolute Gasteiger partial charge is 0.234 e. The first-order valence-electron chi connectivity index (χ1n) is 7.76. The number of anilines is 2. The Morgan fingerprint density at radius 3 is 2.22 bits per heavy atom. The molecule has 2 aromatic rings. The fourth-order valence-corrected chi connectivity index (χ4v) is 3.24. The minimum Gasteiger partial charge on any atom is -0.495 e. The Balaban J connectivity index is 1.85. The summed E-state index contributed by atoms with van der Waals surface area (Å²) in [4.78, 5) is 24.1. The molecule has 2 amide bonds. The maximum atomic E-state index is 12.1. The number of amides is 2. The van der Waals surface area contributed by atoms with Crippen LogP contribution in [-0.2, 0) is 9.59 Å². The molecule has 0 bridgehead atoms. The molecule has 0 aliphatic rings. The van der Waals surface area contributed by atoms with Gasteiger partial charge in [-0.15, -0.1) is 11.8 Å². The van der Waals surface area contributed by atoms with Crippen LogP contribution in [0.25, 0.3) is 0 Å². The van der Waals surface area contributed by atoms with E-state index in [0.29, 0.717) is 32.2 Å². The molecule has 2 N–H and O–H groups in total. The van der Waals surface area contributed by atoms with E-state index in [4.69, 9.17) is 39.5 Å². The summed E-state index contributed by atoms with van der Waals surface area (Å²) >= 11 is 19.1. The van der Waals surface area contributed by atoms with Crippen LogP contribution >= 0.6 is 46.6 Å². The van der Waals surface area contributed by atoms with Gasteiger partial charge in [0, 0.05) is 16.1 Å². The molecule has 0 aliphatic carbocycles. The van der Waals surface area contributed by atoms with Gasteiger partial charge in [0.1, 0.15) is 5.75 Å². The van der Waals surface area contributed by atoms with Crippen LogP contribution in [-0.4, -0.2) is 30.4 Å². The van der Waals surface area contributed by atoms with E-state index in [9.17, 15) is 9.59 Å². The van der Waals surface area contributed by atoms with Gasteiger partial charge in [-0.1, -0.05) is 34.8 Å². The van der Waals surface area contributed by atoms with Crippen LogP contribution in [0.4, 0.5) is 11.4 Å². The molecule has 0 radical (unpaired) electrons. The number of benzene rings is 2. The SMILES string of the molecule is COc1cc(Cl)c(C)cc1NC(=O)CSCC(=O)Nc1cc(Cl)ccc1Cl. The average Bonchev–Trinajstić information content (AvgIpc) is 2.61. The molecule has 2 aromatic carbocycles. The minimum absolute atomic E-state index is 0.0903. The van der Waals surface area contributed by atoms with Crippen molar-refractivity contribution in [3.63, 3.8) is 0 Å². The summed E-state index contributed by atoms with van der Waals surface area (Å²) in [5, 5.41) is 6.83. The first kappa shape index (κ1) is 21.7. The fourth-order valence-electron chi connectivity index (χ4n) is 2.13. The summed E-state index contributed by atoms with van der Waals surface area (Å²) in [6.45, 7) is 1.83. The maximum absolute atomic E-state index is 12.1. The average molecular weight is 448 g/mol. The number of hydrogen-bond donors (Lipinski definition) is 2. The molecule has 144 valence electrons. The Hall–Kier alpha value is -1.60. The Labute approximate surface area is 176 Å². The van der Waals surface area contributed by atoms with Crippen molar-refractivity contribution in [2.75, 3.05) is 29.2 Å².